The first-order chi connectivity index (χ1) is 14.0. The molecule has 1 aliphatic carbocycles. The number of hydrogen-bond acceptors (Lipinski definition) is 5. The number of carbonyl (C=O) groups is 2. The maximum absolute atomic E-state index is 13.9. The zero-order valence-corrected chi connectivity index (χ0v) is 18.1. The van der Waals surface area contributed by atoms with E-state index in [9.17, 15) is 14.0 Å². The largest absolute Gasteiger partial charge is 0.490 e. The van der Waals surface area contributed by atoms with Crippen molar-refractivity contribution in [3.05, 3.63) is 24.0 Å². The highest BCUT2D eigenvalue weighted by atomic mass is 32.2. The fourth-order valence-corrected chi connectivity index (χ4v) is 3.59. The van der Waals surface area contributed by atoms with Gasteiger partial charge in [0.05, 0.1) is 13.2 Å². The third-order valence-corrected chi connectivity index (χ3v) is 5.82. The van der Waals surface area contributed by atoms with E-state index in [1.165, 1.54) is 35.8 Å². The molecule has 0 bridgehead atoms. The molecule has 0 saturated heterocycles. The van der Waals surface area contributed by atoms with E-state index in [-0.39, 0.29) is 18.4 Å². The maximum Gasteiger partial charge on any atom is 0.317 e. The van der Waals surface area contributed by atoms with Crippen molar-refractivity contribution in [1.29, 1.82) is 0 Å². The lowest BCUT2D eigenvalue weighted by molar-refractivity contribution is -0.108. The van der Waals surface area contributed by atoms with Crippen molar-refractivity contribution in [1.82, 2.24) is 14.9 Å². The minimum atomic E-state index is -0.316. The van der Waals surface area contributed by atoms with Crippen LogP contribution in [0.4, 0.5) is 9.18 Å². The molecule has 162 valence electrons. The highest BCUT2D eigenvalue weighted by Crippen LogP contribution is 2.31. The molecule has 1 aromatic carbocycles. The lowest BCUT2D eigenvalue weighted by Crippen LogP contribution is -2.39. The summed E-state index contributed by atoms with van der Waals surface area (Å²) in [5, 5.41) is 2.55. The summed E-state index contributed by atoms with van der Waals surface area (Å²) in [6, 6.07) is 5.04. The van der Waals surface area contributed by atoms with Crippen LogP contribution in [0, 0.1) is 11.7 Å². The van der Waals surface area contributed by atoms with E-state index in [2.05, 4.69) is 17.0 Å². The first-order valence-electron chi connectivity index (χ1n) is 10.3. The number of unbranched alkanes of at least 4 members (excludes halogenated alkanes) is 2. The van der Waals surface area contributed by atoms with Crippen molar-refractivity contribution in [3.63, 3.8) is 0 Å². The van der Waals surface area contributed by atoms with Crippen LogP contribution in [0.2, 0.25) is 0 Å². The molecule has 1 unspecified atom stereocenters. The van der Waals surface area contributed by atoms with E-state index < -0.39 is 0 Å². The molecule has 0 heterocycles. The Hall–Kier alpha value is -1.80. The van der Waals surface area contributed by atoms with Crippen molar-refractivity contribution in [3.8, 4) is 5.75 Å². The van der Waals surface area contributed by atoms with Crippen molar-refractivity contribution in [2.75, 3.05) is 26.7 Å². The van der Waals surface area contributed by atoms with Gasteiger partial charge in [0, 0.05) is 24.5 Å². The van der Waals surface area contributed by atoms with E-state index >= 15 is 0 Å². The van der Waals surface area contributed by atoms with Crippen LogP contribution in [0.3, 0.4) is 0 Å². The average molecular weight is 426 g/mol. The average Bonchev–Trinajstić information content (AvgIpc) is 3.55. The van der Waals surface area contributed by atoms with Gasteiger partial charge in [-0.1, -0.05) is 12.8 Å². The number of ether oxygens (including phenoxy) is 1. The smallest absolute Gasteiger partial charge is 0.317 e. The predicted molar refractivity (Wildman–Crippen MR) is 114 cm³/mol. The molecule has 8 heteroatoms. The number of rotatable bonds is 14. The van der Waals surface area contributed by atoms with Crippen LogP contribution in [0.25, 0.3) is 0 Å². The van der Waals surface area contributed by atoms with E-state index in [0.717, 1.165) is 36.9 Å². The van der Waals surface area contributed by atoms with Gasteiger partial charge in [-0.15, -0.1) is 0 Å². The molecule has 0 aromatic heterocycles. The second-order valence-electron chi connectivity index (χ2n) is 7.48. The summed E-state index contributed by atoms with van der Waals surface area (Å²) in [6.45, 7) is 3.41. The first kappa shape index (κ1) is 23.5. The van der Waals surface area contributed by atoms with Gasteiger partial charge in [-0.05, 0) is 68.7 Å². The Morgan fingerprint density at radius 1 is 1.38 bits per heavy atom. The second-order valence-corrected chi connectivity index (χ2v) is 8.40. The summed E-state index contributed by atoms with van der Waals surface area (Å²) in [5.74, 6) is 0.599. The third-order valence-electron chi connectivity index (χ3n) is 4.81. The van der Waals surface area contributed by atoms with Gasteiger partial charge in [0.25, 0.3) is 0 Å². The zero-order chi connectivity index (χ0) is 21.1. The van der Waals surface area contributed by atoms with Gasteiger partial charge in [-0.25, -0.2) is 9.18 Å². The van der Waals surface area contributed by atoms with Crippen molar-refractivity contribution < 1.29 is 18.7 Å². The Labute approximate surface area is 177 Å². The minimum Gasteiger partial charge on any atom is -0.490 e. The van der Waals surface area contributed by atoms with Gasteiger partial charge in [0.1, 0.15) is 6.29 Å². The molecule has 2 amide bonds. The number of benzene rings is 1. The van der Waals surface area contributed by atoms with Gasteiger partial charge in [0.2, 0.25) is 0 Å². The number of nitrogens with one attached hydrogen (secondary N) is 2. The molecule has 1 aliphatic rings. The SMILES string of the molecule is CNC(=O)N(CC=O)CCCCCC(C)NSc1ccc(F)c(OCC2CC2)c1. The summed E-state index contributed by atoms with van der Waals surface area (Å²) in [5.41, 5.74) is 0. The number of nitrogens with zero attached hydrogens (tertiary/aromatic N) is 1. The van der Waals surface area contributed by atoms with Crippen LogP contribution < -0.4 is 14.8 Å². The van der Waals surface area contributed by atoms with E-state index in [0.29, 0.717) is 30.9 Å². The molecule has 1 saturated carbocycles. The monoisotopic (exact) mass is 425 g/mol. The normalized spacial score (nSPS) is 14.3. The summed E-state index contributed by atoms with van der Waals surface area (Å²) in [6.07, 6.45) is 6.96. The van der Waals surface area contributed by atoms with Crippen molar-refractivity contribution >= 4 is 24.3 Å². The maximum atomic E-state index is 13.9. The Bertz CT molecular complexity index is 658. The van der Waals surface area contributed by atoms with Crippen LogP contribution in [-0.4, -0.2) is 50.0 Å². The highest BCUT2D eigenvalue weighted by Gasteiger charge is 2.22. The van der Waals surface area contributed by atoms with Crippen LogP contribution in [0.5, 0.6) is 5.75 Å². The van der Waals surface area contributed by atoms with Gasteiger partial charge in [-0.2, -0.15) is 0 Å². The van der Waals surface area contributed by atoms with Crippen LogP contribution in [-0.2, 0) is 4.79 Å². The Balaban J connectivity index is 1.62. The molecular weight excluding hydrogens is 393 g/mol. The fourth-order valence-electron chi connectivity index (χ4n) is 2.83. The number of aldehydes is 1. The van der Waals surface area contributed by atoms with E-state index in [4.69, 9.17) is 4.74 Å². The van der Waals surface area contributed by atoms with Gasteiger partial charge in [-0.3, -0.25) is 4.72 Å². The molecule has 1 aromatic rings. The Morgan fingerprint density at radius 3 is 2.86 bits per heavy atom. The van der Waals surface area contributed by atoms with Crippen LogP contribution >= 0.6 is 11.9 Å². The van der Waals surface area contributed by atoms with Gasteiger partial charge < -0.3 is 19.7 Å². The molecular formula is C21H32FN3O3S. The standard InChI is InChI=1S/C21H32FN3O3S/c1-16(6-4-3-5-11-25(12-13-26)21(27)23-2)24-29-18-9-10-19(22)20(14-18)28-15-17-7-8-17/h9-10,13-14,16-17,24H,3-8,11-12,15H2,1-2H3,(H,23,27). The number of halogens is 1. The lowest BCUT2D eigenvalue weighted by atomic mass is 10.1. The Kier molecular flexibility index (Phi) is 10.3. The number of carbonyl (C=O) groups excluding carboxylic acids is 2. The number of hydrogen-bond donors (Lipinski definition) is 2. The first-order valence-corrected chi connectivity index (χ1v) is 11.1. The minimum absolute atomic E-state index is 0.123. The highest BCUT2D eigenvalue weighted by molar-refractivity contribution is 7.97. The molecule has 0 spiro atoms. The molecule has 6 nitrogen and oxygen atoms in total. The van der Waals surface area contributed by atoms with E-state index in [1.807, 2.05) is 0 Å². The van der Waals surface area contributed by atoms with Crippen molar-refractivity contribution in [2.45, 2.75) is 56.4 Å². The van der Waals surface area contributed by atoms with E-state index in [1.54, 1.807) is 19.2 Å². The quantitative estimate of drug-likeness (QED) is 0.268. The molecule has 2 rings (SSSR count). The van der Waals surface area contributed by atoms with Gasteiger partial charge in [0.15, 0.2) is 11.6 Å². The third kappa shape index (κ3) is 9.04. The number of urea groups is 1. The topological polar surface area (TPSA) is 70.7 Å². The summed E-state index contributed by atoms with van der Waals surface area (Å²) >= 11 is 1.49. The zero-order valence-electron chi connectivity index (χ0n) is 17.3. The second kappa shape index (κ2) is 12.7. The lowest BCUT2D eigenvalue weighted by Gasteiger charge is -2.19. The summed E-state index contributed by atoms with van der Waals surface area (Å²) < 4.78 is 22.8. The predicted octanol–water partition coefficient (Wildman–Crippen LogP) is 4.00. The van der Waals surface area contributed by atoms with Crippen molar-refractivity contribution in [2.24, 2.45) is 5.92 Å². The summed E-state index contributed by atoms with van der Waals surface area (Å²) in [4.78, 5) is 24.7. The fraction of sp³-hybridized carbons (Fsp3) is 0.619. The Morgan fingerprint density at radius 2 is 2.17 bits per heavy atom. The van der Waals surface area contributed by atoms with Crippen LogP contribution in [0.1, 0.15) is 45.4 Å². The number of amides is 2. The molecule has 1 atom stereocenters. The molecule has 0 radical (unpaired) electrons. The molecule has 2 N–H and O–H groups in total. The summed E-state index contributed by atoms with van der Waals surface area (Å²) in [7, 11) is 1.56. The van der Waals surface area contributed by atoms with Gasteiger partial charge >= 0.3 is 6.03 Å². The molecule has 1 fully saturated rings. The molecule has 29 heavy (non-hydrogen) atoms. The van der Waals surface area contributed by atoms with Crippen LogP contribution in [0.15, 0.2) is 23.1 Å². The molecule has 0 aliphatic heterocycles.